The van der Waals surface area contributed by atoms with E-state index >= 15 is 0 Å². The van der Waals surface area contributed by atoms with Gasteiger partial charge in [-0.05, 0) is 30.5 Å². The molecule has 0 spiro atoms. The molecule has 8 nitrogen and oxygen atoms in total. The number of thiophene rings is 1. The van der Waals surface area contributed by atoms with E-state index in [1.165, 1.54) is 22.1 Å². The number of H-pyrrole nitrogens is 1. The summed E-state index contributed by atoms with van der Waals surface area (Å²) in [4.78, 5) is 45.3. The number of carbonyl (C=O) groups excluding carboxylic acids is 1. The van der Waals surface area contributed by atoms with E-state index in [9.17, 15) is 14.4 Å². The summed E-state index contributed by atoms with van der Waals surface area (Å²) in [5, 5.41) is 4.96. The lowest BCUT2D eigenvalue weighted by molar-refractivity contribution is -0.113. The molecule has 3 heterocycles. The lowest BCUT2D eigenvalue weighted by Gasteiger charge is -2.07. The maximum atomic E-state index is 12.9. The van der Waals surface area contributed by atoms with Gasteiger partial charge in [-0.2, -0.15) is 0 Å². The Balaban J connectivity index is 1.51. The van der Waals surface area contributed by atoms with Crippen LogP contribution >= 0.6 is 23.1 Å². The molecule has 0 radical (unpaired) electrons. The fraction of sp³-hybridized carbons (Fsp3) is 0.143. The van der Waals surface area contributed by atoms with Crippen LogP contribution in [-0.2, 0) is 11.8 Å². The van der Waals surface area contributed by atoms with Gasteiger partial charge in [-0.3, -0.25) is 19.1 Å². The molecule has 0 saturated heterocycles. The number of rotatable bonds is 6. The molecule has 10 heteroatoms. The zero-order valence-electron chi connectivity index (χ0n) is 16.8. The number of para-hydroxylation sites is 1. The van der Waals surface area contributed by atoms with E-state index in [-0.39, 0.29) is 28.5 Å². The summed E-state index contributed by atoms with van der Waals surface area (Å²) in [5.41, 5.74) is 1.54. The quantitative estimate of drug-likeness (QED) is 0.345. The third kappa shape index (κ3) is 4.39. The molecule has 0 bridgehead atoms. The summed E-state index contributed by atoms with van der Waals surface area (Å²) in [6, 6.07) is 14.4. The summed E-state index contributed by atoms with van der Waals surface area (Å²) in [6.07, 6.45) is 0. The highest BCUT2D eigenvalue weighted by Gasteiger charge is 2.18. The fourth-order valence-electron chi connectivity index (χ4n) is 3.08. The number of hydrogen-bond donors (Lipinski definition) is 2. The molecular weight excluding hydrogens is 434 g/mol. The Morgan fingerprint density at radius 1 is 1.19 bits per heavy atom. The number of thioether (sulfide) groups is 1. The highest BCUT2D eigenvalue weighted by atomic mass is 32.2. The highest BCUT2D eigenvalue weighted by molar-refractivity contribution is 7.99. The van der Waals surface area contributed by atoms with E-state index in [1.54, 1.807) is 18.7 Å². The van der Waals surface area contributed by atoms with Gasteiger partial charge < -0.3 is 10.3 Å². The second-order valence-corrected chi connectivity index (χ2v) is 8.60. The molecule has 31 heavy (non-hydrogen) atoms. The molecule has 0 atom stereocenters. The van der Waals surface area contributed by atoms with E-state index in [4.69, 9.17) is 0 Å². The molecule has 158 valence electrons. The third-order valence-corrected chi connectivity index (χ3v) is 6.42. The average molecular weight is 454 g/mol. The van der Waals surface area contributed by atoms with Crippen molar-refractivity contribution in [2.75, 3.05) is 11.1 Å². The van der Waals surface area contributed by atoms with E-state index in [0.717, 1.165) is 16.6 Å². The fourth-order valence-corrected chi connectivity index (χ4v) is 4.44. The van der Waals surface area contributed by atoms with Gasteiger partial charge in [-0.1, -0.05) is 36.0 Å². The smallest absolute Gasteiger partial charge is 0.295 e. The number of nitrogens with zero attached hydrogens (tertiary/aromatic N) is 3. The molecule has 1 aromatic carbocycles. The first-order chi connectivity index (χ1) is 14.9. The van der Waals surface area contributed by atoms with Crippen molar-refractivity contribution in [1.82, 2.24) is 19.3 Å². The predicted octanol–water partition coefficient (Wildman–Crippen LogP) is 3.03. The van der Waals surface area contributed by atoms with Gasteiger partial charge in [0.25, 0.3) is 11.1 Å². The van der Waals surface area contributed by atoms with Crippen molar-refractivity contribution in [3.05, 3.63) is 80.3 Å². The van der Waals surface area contributed by atoms with Gasteiger partial charge in [0.2, 0.25) is 5.91 Å². The number of aromatic nitrogens is 4. The van der Waals surface area contributed by atoms with Crippen LogP contribution < -0.4 is 16.4 Å². The summed E-state index contributed by atoms with van der Waals surface area (Å²) in [5.74, 6) is -0.365. The molecule has 0 aliphatic rings. The monoisotopic (exact) mass is 453 g/mol. The minimum Gasteiger partial charge on any atom is -0.319 e. The van der Waals surface area contributed by atoms with Crippen molar-refractivity contribution in [3.8, 4) is 16.3 Å². The molecule has 0 unspecified atom stereocenters. The van der Waals surface area contributed by atoms with E-state index in [2.05, 4.69) is 15.3 Å². The topological polar surface area (TPSA) is 102 Å². The maximum Gasteiger partial charge on any atom is 0.295 e. The molecule has 0 fully saturated rings. The largest absolute Gasteiger partial charge is 0.319 e. The molecule has 4 rings (SSSR count). The van der Waals surface area contributed by atoms with Gasteiger partial charge in [0.1, 0.15) is 5.69 Å². The Bertz CT molecular complexity index is 1340. The van der Waals surface area contributed by atoms with Gasteiger partial charge in [0, 0.05) is 13.1 Å². The normalized spacial score (nSPS) is 10.9. The van der Waals surface area contributed by atoms with Crippen molar-refractivity contribution >= 4 is 34.7 Å². The van der Waals surface area contributed by atoms with Gasteiger partial charge in [0.15, 0.2) is 5.16 Å². The number of benzene rings is 1. The highest BCUT2D eigenvalue weighted by Crippen LogP contribution is 2.23. The Hall–Kier alpha value is -3.37. The predicted molar refractivity (Wildman–Crippen MR) is 123 cm³/mol. The van der Waals surface area contributed by atoms with Crippen molar-refractivity contribution in [1.29, 1.82) is 0 Å². The van der Waals surface area contributed by atoms with Crippen LogP contribution in [0.1, 0.15) is 5.69 Å². The van der Waals surface area contributed by atoms with Gasteiger partial charge in [-0.15, -0.1) is 11.3 Å². The average Bonchev–Trinajstić information content (AvgIpc) is 3.37. The second kappa shape index (κ2) is 8.78. The second-order valence-electron chi connectivity index (χ2n) is 6.69. The molecule has 0 saturated carbocycles. The summed E-state index contributed by atoms with van der Waals surface area (Å²) in [6.45, 7) is 1.77. The Morgan fingerprint density at radius 3 is 2.68 bits per heavy atom. The van der Waals surface area contributed by atoms with Crippen LogP contribution in [0.15, 0.2) is 68.7 Å². The zero-order chi connectivity index (χ0) is 22.0. The molecule has 0 aliphatic carbocycles. The number of amides is 1. The van der Waals surface area contributed by atoms with Crippen molar-refractivity contribution in [2.45, 2.75) is 12.1 Å². The van der Waals surface area contributed by atoms with Gasteiger partial charge in [0.05, 0.1) is 27.7 Å². The van der Waals surface area contributed by atoms with Crippen LogP contribution in [0.5, 0.6) is 0 Å². The first kappa shape index (κ1) is 20.9. The number of hydrogen-bond acceptors (Lipinski definition) is 6. The van der Waals surface area contributed by atoms with Crippen molar-refractivity contribution in [3.63, 3.8) is 0 Å². The van der Waals surface area contributed by atoms with E-state index in [1.807, 2.05) is 47.8 Å². The van der Waals surface area contributed by atoms with Gasteiger partial charge in [-0.25, -0.2) is 9.67 Å². The SMILES string of the molecule is Cc1c(NC(=O)CSc2nc(-c3cccs3)cc(=O)[nH]2)c(=O)n(-c2ccccc2)n1C. The number of aromatic amines is 1. The molecule has 2 N–H and O–H groups in total. The minimum absolute atomic E-state index is 0.00402. The van der Waals surface area contributed by atoms with Crippen LogP contribution in [0.3, 0.4) is 0 Å². The summed E-state index contributed by atoms with van der Waals surface area (Å²) >= 11 is 2.58. The zero-order valence-corrected chi connectivity index (χ0v) is 18.4. The van der Waals surface area contributed by atoms with E-state index in [0.29, 0.717) is 22.2 Å². The number of anilines is 1. The summed E-state index contributed by atoms with van der Waals surface area (Å²) < 4.78 is 3.20. The first-order valence-corrected chi connectivity index (χ1v) is 11.2. The number of nitrogens with one attached hydrogen (secondary N) is 2. The third-order valence-electron chi connectivity index (χ3n) is 4.65. The van der Waals surface area contributed by atoms with Crippen LogP contribution in [-0.4, -0.2) is 31.0 Å². The van der Waals surface area contributed by atoms with Crippen LogP contribution in [0.2, 0.25) is 0 Å². The van der Waals surface area contributed by atoms with Crippen molar-refractivity contribution in [2.24, 2.45) is 7.05 Å². The van der Waals surface area contributed by atoms with E-state index < -0.39 is 0 Å². The van der Waals surface area contributed by atoms with Gasteiger partial charge >= 0.3 is 0 Å². The lowest BCUT2D eigenvalue weighted by atomic mass is 10.3. The molecule has 4 aromatic rings. The van der Waals surface area contributed by atoms with Crippen LogP contribution in [0.4, 0.5) is 5.69 Å². The molecular formula is C21H19N5O3S2. The molecule has 3 aromatic heterocycles. The lowest BCUT2D eigenvalue weighted by Crippen LogP contribution is -2.23. The molecule has 1 amide bonds. The van der Waals surface area contributed by atoms with Crippen LogP contribution in [0, 0.1) is 6.92 Å². The Labute approximate surface area is 185 Å². The maximum absolute atomic E-state index is 12.9. The summed E-state index contributed by atoms with van der Waals surface area (Å²) in [7, 11) is 1.76. The molecule has 0 aliphatic heterocycles. The Kier molecular flexibility index (Phi) is 5.92. The van der Waals surface area contributed by atoms with Crippen LogP contribution in [0.25, 0.3) is 16.3 Å². The number of carbonyl (C=O) groups is 1. The standard InChI is InChI=1S/C21H19N5O3S2/c1-13-19(20(29)26(25(13)2)14-7-4-3-5-8-14)23-18(28)12-31-21-22-15(11-17(27)24-21)16-9-6-10-30-16/h3-11H,12H2,1-2H3,(H,23,28)(H,22,24,27). The van der Waals surface area contributed by atoms with Crippen molar-refractivity contribution < 1.29 is 4.79 Å². The first-order valence-electron chi connectivity index (χ1n) is 9.36. The minimum atomic E-state index is -0.361. The Morgan fingerprint density at radius 2 is 1.97 bits per heavy atom.